The van der Waals surface area contributed by atoms with Crippen molar-refractivity contribution in [3.05, 3.63) is 42.0 Å². The van der Waals surface area contributed by atoms with Crippen LogP contribution in [0.5, 0.6) is 0 Å². The van der Waals surface area contributed by atoms with Gasteiger partial charge < -0.3 is 5.32 Å². The van der Waals surface area contributed by atoms with E-state index in [9.17, 15) is 0 Å². The number of allylic oxidation sites excluding steroid dienone is 1. The highest BCUT2D eigenvalue weighted by molar-refractivity contribution is 5.57. The Balaban J connectivity index is 3.08. The van der Waals surface area contributed by atoms with Crippen molar-refractivity contribution in [1.82, 2.24) is 0 Å². The third-order valence-corrected chi connectivity index (χ3v) is 1.97. The Morgan fingerprint density at radius 2 is 2.25 bits per heavy atom. The molecule has 0 aliphatic carbocycles. The number of para-hydroxylation sites is 1. The molecule has 0 heterocycles. The second-order valence-corrected chi connectivity index (χ2v) is 2.85. The van der Waals surface area contributed by atoms with Crippen LogP contribution in [-0.2, 0) is 6.42 Å². The zero-order valence-electron chi connectivity index (χ0n) is 7.72. The molecule has 0 amide bonds. The van der Waals surface area contributed by atoms with Gasteiger partial charge in [-0.05, 0) is 24.5 Å². The van der Waals surface area contributed by atoms with Gasteiger partial charge >= 0.3 is 0 Å². The molecular weight excluding hydrogens is 146 g/mol. The minimum atomic E-state index is 0.928. The fraction of sp³-hybridized carbons (Fsp3) is 0.273. The van der Waals surface area contributed by atoms with Gasteiger partial charge in [-0.15, -0.1) is 6.58 Å². The molecular formula is C11H15N. The lowest BCUT2D eigenvalue weighted by atomic mass is 10.1. The zero-order chi connectivity index (χ0) is 8.97. The van der Waals surface area contributed by atoms with E-state index in [0.717, 1.165) is 6.42 Å². The maximum Gasteiger partial charge on any atom is 0.0403 e. The Bertz CT molecular complexity index is 276. The van der Waals surface area contributed by atoms with E-state index in [1.54, 1.807) is 0 Å². The summed E-state index contributed by atoms with van der Waals surface area (Å²) in [5.74, 6) is 0. The first-order valence-corrected chi connectivity index (χ1v) is 4.16. The summed E-state index contributed by atoms with van der Waals surface area (Å²) in [5, 5.41) is 3.20. The Kier molecular flexibility index (Phi) is 2.92. The molecule has 1 N–H and O–H groups in total. The van der Waals surface area contributed by atoms with Crippen LogP contribution in [0.15, 0.2) is 30.9 Å². The molecule has 0 aliphatic rings. The van der Waals surface area contributed by atoms with E-state index in [1.165, 1.54) is 16.8 Å². The van der Waals surface area contributed by atoms with E-state index < -0.39 is 0 Å². The number of nitrogens with one attached hydrogen (secondary N) is 1. The summed E-state index contributed by atoms with van der Waals surface area (Å²) < 4.78 is 0. The van der Waals surface area contributed by atoms with Crippen LogP contribution in [-0.4, -0.2) is 7.05 Å². The highest BCUT2D eigenvalue weighted by Crippen LogP contribution is 2.20. The highest BCUT2D eigenvalue weighted by atomic mass is 14.8. The van der Waals surface area contributed by atoms with Gasteiger partial charge in [-0.2, -0.15) is 0 Å². The summed E-state index contributed by atoms with van der Waals surface area (Å²) in [6.07, 6.45) is 2.85. The molecule has 0 bridgehead atoms. The van der Waals surface area contributed by atoms with E-state index in [1.807, 2.05) is 13.1 Å². The molecule has 0 unspecified atom stereocenters. The maximum atomic E-state index is 3.73. The summed E-state index contributed by atoms with van der Waals surface area (Å²) in [7, 11) is 1.95. The summed E-state index contributed by atoms with van der Waals surface area (Å²) in [6.45, 7) is 5.84. The van der Waals surface area contributed by atoms with Crippen LogP contribution in [0.3, 0.4) is 0 Å². The number of rotatable bonds is 3. The van der Waals surface area contributed by atoms with Gasteiger partial charge in [0, 0.05) is 12.7 Å². The first-order chi connectivity index (χ1) is 5.79. The lowest BCUT2D eigenvalue weighted by molar-refractivity contribution is 1.24. The molecule has 1 nitrogen and oxygen atoms in total. The monoisotopic (exact) mass is 161 g/mol. The first-order valence-electron chi connectivity index (χ1n) is 4.16. The fourth-order valence-corrected chi connectivity index (χ4v) is 1.41. The van der Waals surface area contributed by atoms with E-state index in [2.05, 4.69) is 37.0 Å². The zero-order valence-corrected chi connectivity index (χ0v) is 7.72. The summed E-state index contributed by atoms with van der Waals surface area (Å²) in [4.78, 5) is 0. The molecule has 0 saturated carbocycles. The molecule has 0 saturated heterocycles. The minimum absolute atomic E-state index is 0.928. The van der Waals surface area contributed by atoms with Gasteiger partial charge in [-0.3, -0.25) is 0 Å². The molecule has 12 heavy (non-hydrogen) atoms. The number of aryl methyl sites for hydroxylation is 1. The van der Waals surface area contributed by atoms with Crippen molar-refractivity contribution < 1.29 is 0 Å². The van der Waals surface area contributed by atoms with Crippen LogP contribution in [0.1, 0.15) is 11.1 Å². The van der Waals surface area contributed by atoms with Crippen LogP contribution in [0, 0.1) is 6.92 Å². The topological polar surface area (TPSA) is 12.0 Å². The predicted octanol–water partition coefficient (Wildman–Crippen LogP) is 2.77. The molecule has 0 radical (unpaired) electrons. The van der Waals surface area contributed by atoms with Crippen LogP contribution in [0.4, 0.5) is 5.69 Å². The third kappa shape index (κ3) is 1.67. The smallest absolute Gasteiger partial charge is 0.0403 e. The molecule has 1 heteroatoms. The molecule has 0 fully saturated rings. The standard InChI is InChI=1S/C11H15N/c1-4-6-10-8-5-7-9(2)11(10)12-3/h4-5,7-8,12H,1,6H2,2-3H3. The molecule has 1 aromatic rings. The third-order valence-electron chi connectivity index (χ3n) is 1.97. The number of anilines is 1. The summed E-state index contributed by atoms with van der Waals surface area (Å²) in [5.41, 5.74) is 3.83. The SMILES string of the molecule is C=CCc1cccc(C)c1NC. The summed E-state index contributed by atoms with van der Waals surface area (Å²) in [6, 6.07) is 6.31. The molecule has 64 valence electrons. The van der Waals surface area contributed by atoms with Crippen LogP contribution < -0.4 is 5.32 Å². The van der Waals surface area contributed by atoms with E-state index >= 15 is 0 Å². The average molecular weight is 161 g/mol. The molecule has 0 aliphatic heterocycles. The van der Waals surface area contributed by atoms with Crippen LogP contribution >= 0.6 is 0 Å². The van der Waals surface area contributed by atoms with Crippen molar-refractivity contribution in [1.29, 1.82) is 0 Å². The second kappa shape index (κ2) is 3.96. The van der Waals surface area contributed by atoms with Crippen molar-refractivity contribution in [2.75, 3.05) is 12.4 Å². The quantitative estimate of drug-likeness (QED) is 0.672. The lowest BCUT2D eigenvalue weighted by Crippen LogP contribution is -1.96. The number of hydrogen-bond acceptors (Lipinski definition) is 1. The fourth-order valence-electron chi connectivity index (χ4n) is 1.41. The van der Waals surface area contributed by atoms with Crippen molar-refractivity contribution in [3.8, 4) is 0 Å². The second-order valence-electron chi connectivity index (χ2n) is 2.85. The van der Waals surface area contributed by atoms with Gasteiger partial charge in [0.15, 0.2) is 0 Å². The average Bonchev–Trinajstić information content (AvgIpc) is 2.05. The Morgan fingerprint density at radius 3 is 2.83 bits per heavy atom. The number of benzene rings is 1. The minimum Gasteiger partial charge on any atom is -0.388 e. The van der Waals surface area contributed by atoms with E-state index in [-0.39, 0.29) is 0 Å². The van der Waals surface area contributed by atoms with E-state index in [4.69, 9.17) is 0 Å². The van der Waals surface area contributed by atoms with Crippen molar-refractivity contribution >= 4 is 5.69 Å². The highest BCUT2D eigenvalue weighted by Gasteiger charge is 2.00. The Morgan fingerprint density at radius 1 is 1.50 bits per heavy atom. The van der Waals surface area contributed by atoms with Gasteiger partial charge in [0.25, 0.3) is 0 Å². The molecule has 0 spiro atoms. The number of hydrogen-bond donors (Lipinski definition) is 1. The lowest BCUT2D eigenvalue weighted by Gasteiger charge is -2.09. The van der Waals surface area contributed by atoms with Crippen molar-refractivity contribution in [2.45, 2.75) is 13.3 Å². The van der Waals surface area contributed by atoms with Gasteiger partial charge in [-0.1, -0.05) is 24.3 Å². The van der Waals surface area contributed by atoms with E-state index in [0.29, 0.717) is 0 Å². The predicted molar refractivity (Wildman–Crippen MR) is 54.6 cm³/mol. The maximum absolute atomic E-state index is 3.73. The molecule has 0 aromatic heterocycles. The normalized spacial score (nSPS) is 9.50. The van der Waals surface area contributed by atoms with Crippen molar-refractivity contribution in [2.24, 2.45) is 0 Å². The largest absolute Gasteiger partial charge is 0.388 e. The Labute approximate surface area is 74.1 Å². The molecule has 1 rings (SSSR count). The summed E-state index contributed by atoms with van der Waals surface area (Å²) >= 11 is 0. The van der Waals surface area contributed by atoms with Crippen LogP contribution in [0.25, 0.3) is 0 Å². The van der Waals surface area contributed by atoms with Gasteiger partial charge in [-0.25, -0.2) is 0 Å². The molecule has 0 atom stereocenters. The first kappa shape index (κ1) is 8.85. The van der Waals surface area contributed by atoms with Crippen LogP contribution in [0.2, 0.25) is 0 Å². The van der Waals surface area contributed by atoms with Crippen molar-refractivity contribution in [3.63, 3.8) is 0 Å². The van der Waals surface area contributed by atoms with Gasteiger partial charge in [0.2, 0.25) is 0 Å². The molecule has 1 aromatic carbocycles. The van der Waals surface area contributed by atoms with Gasteiger partial charge in [0.05, 0.1) is 0 Å². The Hall–Kier alpha value is -1.24. The van der Waals surface area contributed by atoms with Gasteiger partial charge in [0.1, 0.15) is 0 Å².